The van der Waals surface area contributed by atoms with Gasteiger partial charge in [-0.3, -0.25) is 0 Å². The van der Waals surface area contributed by atoms with Crippen LogP contribution in [0.3, 0.4) is 0 Å². The first-order chi connectivity index (χ1) is 10.3. The first-order valence-electron chi connectivity index (χ1n) is 7.10. The first-order valence-corrected chi connectivity index (χ1v) is 7.92. The Balaban J connectivity index is 2.30. The van der Waals surface area contributed by atoms with Gasteiger partial charge in [0.2, 0.25) is 17.1 Å². The van der Waals surface area contributed by atoms with Gasteiger partial charge in [-0.1, -0.05) is 6.07 Å². The van der Waals surface area contributed by atoms with Crippen LogP contribution in [0.1, 0.15) is 20.8 Å². The lowest BCUT2D eigenvalue weighted by molar-refractivity contribution is 0.782. The topological polar surface area (TPSA) is 66.8 Å². The number of hydrogen-bond acceptors (Lipinski definition) is 7. The van der Waals surface area contributed by atoms with Crippen LogP contribution >= 0.6 is 11.8 Å². The van der Waals surface area contributed by atoms with Crippen LogP contribution in [0.25, 0.3) is 0 Å². The van der Waals surface area contributed by atoms with Gasteiger partial charge in [-0.05, 0) is 44.7 Å². The van der Waals surface area contributed by atoms with Crippen LogP contribution < -0.4 is 10.2 Å². The lowest BCUT2D eigenvalue weighted by Gasteiger charge is -2.19. The number of pyridine rings is 1. The number of hydrogen-bond donors (Lipinski definition) is 1. The molecule has 0 aliphatic heterocycles. The molecule has 0 atom stereocenters. The van der Waals surface area contributed by atoms with Gasteiger partial charge >= 0.3 is 0 Å². The average Bonchev–Trinajstić information content (AvgIpc) is 2.50. The van der Waals surface area contributed by atoms with Crippen molar-refractivity contribution in [3.05, 3.63) is 24.4 Å². The first kappa shape index (κ1) is 15.5. The molecule has 2 heterocycles. The lowest BCUT2D eigenvalue weighted by atomic mass is 10.5. The van der Waals surface area contributed by atoms with Crippen LogP contribution in [-0.2, 0) is 0 Å². The molecule has 0 aliphatic carbocycles. The largest absolute Gasteiger partial charge is 0.354 e. The van der Waals surface area contributed by atoms with Gasteiger partial charge < -0.3 is 10.2 Å². The van der Waals surface area contributed by atoms with Gasteiger partial charge in [0.1, 0.15) is 5.03 Å². The fourth-order valence-corrected chi connectivity index (χ4v) is 2.48. The molecule has 2 rings (SSSR count). The second-order valence-corrected chi connectivity index (χ2v) is 5.20. The Labute approximate surface area is 129 Å². The summed E-state index contributed by atoms with van der Waals surface area (Å²) in [7, 11) is 0. The van der Waals surface area contributed by atoms with E-state index in [1.165, 1.54) is 11.8 Å². The van der Waals surface area contributed by atoms with Crippen molar-refractivity contribution in [1.82, 2.24) is 19.9 Å². The Hall–Kier alpha value is -1.89. The van der Waals surface area contributed by atoms with Gasteiger partial charge in [-0.25, -0.2) is 4.98 Å². The zero-order valence-electron chi connectivity index (χ0n) is 12.6. The summed E-state index contributed by atoms with van der Waals surface area (Å²) >= 11 is 1.44. The predicted molar refractivity (Wildman–Crippen MR) is 85.9 cm³/mol. The molecule has 0 amide bonds. The highest BCUT2D eigenvalue weighted by molar-refractivity contribution is 7.99. The van der Waals surface area contributed by atoms with E-state index in [1.54, 1.807) is 6.20 Å². The zero-order valence-corrected chi connectivity index (χ0v) is 13.4. The summed E-state index contributed by atoms with van der Waals surface area (Å²) < 4.78 is 0. The third kappa shape index (κ3) is 4.29. The average molecular weight is 304 g/mol. The molecule has 6 nitrogen and oxygen atoms in total. The van der Waals surface area contributed by atoms with Crippen molar-refractivity contribution in [1.29, 1.82) is 0 Å². The molecule has 0 radical (unpaired) electrons. The van der Waals surface area contributed by atoms with E-state index in [0.29, 0.717) is 17.1 Å². The molecule has 1 N–H and O–H groups in total. The molecule has 0 spiro atoms. The highest BCUT2D eigenvalue weighted by Crippen LogP contribution is 2.24. The van der Waals surface area contributed by atoms with Crippen molar-refractivity contribution < 1.29 is 0 Å². The van der Waals surface area contributed by atoms with Crippen molar-refractivity contribution in [2.75, 3.05) is 29.9 Å². The Morgan fingerprint density at radius 2 is 1.90 bits per heavy atom. The second-order valence-electron chi connectivity index (χ2n) is 4.21. The van der Waals surface area contributed by atoms with Crippen molar-refractivity contribution in [3.63, 3.8) is 0 Å². The van der Waals surface area contributed by atoms with E-state index in [0.717, 1.165) is 24.7 Å². The summed E-state index contributed by atoms with van der Waals surface area (Å²) in [5, 5.41) is 4.68. The summed E-state index contributed by atoms with van der Waals surface area (Å²) in [6, 6.07) is 5.79. The van der Waals surface area contributed by atoms with E-state index in [2.05, 4.69) is 44.0 Å². The highest BCUT2D eigenvalue weighted by atomic mass is 32.2. The minimum absolute atomic E-state index is 0.604. The highest BCUT2D eigenvalue weighted by Gasteiger charge is 2.12. The van der Waals surface area contributed by atoms with E-state index in [9.17, 15) is 0 Å². The van der Waals surface area contributed by atoms with Crippen LogP contribution in [0, 0.1) is 0 Å². The maximum atomic E-state index is 4.54. The Morgan fingerprint density at radius 3 is 2.52 bits per heavy atom. The molecule has 0 bridgehead atoms. The van der Waals surface area contributed by atoms with Crippen LogP contribution in [0.5, 0.6) is 0 Å². The van der Waals surface area contributed by atoms with Crippen LogP contribution in [-0.4, -0.2) is 39.6 Å². The number of rotatable bonds is 7. The maximum Gasteiger partial charge on any atom is 0.231 e. The fourth-order valence-electron chi connectivity index (χ4n) is 1.78. The molecule has 0 saturated heterocycles. The monoisotopic (exact) mass is 304 g/mol. The third-order valence-corrected chi connectivity index (χ3v) is 3.63. The third-order valence-electron chi connectivity index (χ3n) is 2.82. The number of anilines is 2. The van der Waals surface area contributed by atoms with E-state index < -0.39 is 0 Å². The summed E-state index contributed by atoms with van der Waals surface area (Å²) in [4.78, 5) is 19.8. The molecule has 2 aromatic heterocycles. The van der Waals surface area contributed by atoms with Gasteiger partial charge in [0.05, 0.1) is 0 Å². The normalized spacial score (nSPS) is 10.4. The Morgan fingerprint density at radius 1 is 1.10 bits per heavy atom. The van der Waals surface area contributed by atoms with E-state index >= 15 is 0 Å². The van der Waals surface area contributed by atoms with E-state index in [-0.39, 0.29) is 0 Å². The van der Waals surface area contributed by atoms with Gasteiger partial charge in [-0.2, -0.15) is 15.0 Å². The summed E-state index contributed by atoms with van der Waals surface area (Å²) in [5.74, 6) is 1.30. The molecule has 0 unspecified atom stereocenters. The van der Waals surface area contributed by atoms with E-state index in [4.69, 9.17) is 0 Å². The molecule has 0 saturated carbocycles. The van der Waals surface area contributed by atoms with Crippen molar-refractivity contribution in [3.8, 4) is 0 Å². The van der Waals surface area contributed by atoms with Crippen LogP contribution in [0.4, 0.5) is 11.9 Å². The van der Waals surface area contributed by atoms with Gasteiger partial charge in [-0.15, -0.1) is 0 Å². The zero-order chi connectivity index (χ0) is 15.1. The quantitative estimate of drug-likeness (QED) is 0.843. The van der Waals surface area contributed by atoms with E-state index in [1.807, 2.05) is 25.1 Å². The molecule has 0 aromatic carbocycles. The minimum Gasteiger partial charge on any atom is -0.354 e. The SMILES string of the molecule is CCNc1nc(Sc2ccccn2)nc(N(CC)CC)n1. The standard InChI is InChI=1S/C14H20N6S/c1-4-15-12-17-13(20(5-2)6-3)19-14(18-12)21-11-9-7-8-10-16-11/h7-10H,4-6H2,1-3H3,(H,15,17,18,19). The van der Waals surface area contributed by atoms with Gasteiger partial charge in [0.15, 0.2) is 0 Å². The lowest BCUT2D eigenvalue weighted by Crippen LogP contribution is -2.25. The molecule has 2 aromatic rings. The molecule has 21 heavy (non-hydrogen) atoms. The minimum atomic E-state index is 0.604. The summed E-state index contributed by atoms with van der Waals surface area (Å²) in [6.45, 7) is 8.69. The number of aromatic nitrogens is 4. The number of nitrogens with zero attached hydrogens (tertiary/aromatic N) is 5. The molecular weight excluding hydrogens is 284 g/mol. The van der Waals surface area contributed by atoms with Gasteiger partial charge in [0.25, 0.3) is 0 Å². The molecule has 112 valence electrons. The smallest absolute Gasteiger partial charge is 0.231 e. The Bertz CT molecular complexity index is 559. The van der Waals surface area contributed by atoms with Crippen LogP contribution in [0.15, 0.2) is 34.6 Å². The maximum absolute atomic E-state index is 4.54. The number of nitrogens with one attached hydrogen (secondary N) is 1. The predicted octanol–water partition coefficient (Wildman–Crippen LogP) is 2.70. The van der Waals surface area contributed by atoms with Gasteiger partial charge in [0, 0.05) is 25.8 Å². The molecule has 0 aliphatic rings. The van der Waals surface area contributed by atoms with Crippen molar-refractivity contribution in [2.45, 2.75) is 31.0 Å². The molecule has 7 heteroatoms. The van der Waals surface area contributed by atoms with Crippen molar-refractivity contribution >= 4 is 23.7 Å². The fraction of sp³-hybridized carbons (Fsp3) is 0.429. The molecular formula is C14H20N6S. The molecule has 0 fully saturated rings. The summed E-state index contributed by atoms with van der Waals surface area (Å²) in [5.41, 5.74) is 0. The van der Waals surface area contributed by atoms with Crippen molar-refractivity contribution in [2.24, 2.45) is 0 Å². The Kier molecular flexibility index (Phi) is 5.74. The summed E-state index contributed by atoms with van der Waals surface area (Å²) in [6.07, 6.45) is 1.76. The second kappa shape index (κ2) is 7.78. The van der Waals surface area contributed by atoms with Crippen LogP contribution in [0.2, 0.25) is 0 Å².